The van der Waals surface area contributed by atoms with Crippen molar-refractivity contribution in [2.75, 3.05) is 13.7 Å². The van der Waals surface area contributed by atoms with Gasteiger partial charge in [-0.2, -0.15) is 0 Å². The van der Waals surface area contributed by atoms with Crippen molar-refractivity contribution in [2.45, 2.75) is 12.5 Å². The molecular formula is C13H16N2O. The molecule has 0 bridgehead atoms. The Hall–Kier alpha value is -1.45. The quantitative estimate of drug-likeness (QED) is 0.852. The Morgan fingerprint density at radius 1 is 1.31 bits per heavy atom. The third-order valence-electron chi connectivity index (χ3n) is 2.73. The lowest BCUT2D eigenvalue weighted by molar-refractivity contribution is 0.188. The van der Waals surface area contributed by atoms with Gasteiger partial charge in [-0.15, -0.1) is 0 Å². The molecule has 2 N–H and O–H groups in total. The predicted octanol–water partition coefficient (Wildman–Crippen LogP) is 2.27. The number of hydrogen-bond donors (Lipinski definition) is 1. The summed E-state index contributed by atoms with van der Waals surface area (Å²) < 4.78 is 5.05. The Bertz CT molecular complexity index is 465. The van der Waals surface area contributed by atoms with Crippen molar-refractivity contribution in [3.8, 4) is 0 Å². The molecule has 0 saturated carbocycles. The van der Waals surface area contributed by atoms with Crippen LogP contribution in [0.5, 0.6) is 0 Å². The summed E-state index contributed by atoms with van der Waals surface area (Å²) in [5.41, 5.74) is 7.22. The summed E-state index contributed by atoms with van der Waals surface area (Å²) in [5.74, 6) is 0. The van der Waals surface area contributed by atoms with Crippen LogP contribution in [-0.2, 0) is 4.74 Å². The number of hydrogen-bond acceptors (Lipinski definition) is 3. The van der Waals surface area contributed by atoms with Gasteiger partial charge in [0, 0.05) is 37.5 Å². The summed E-state index contributed by atoms with van der Waals surface area (Å²) in [5, 5.41) is 2.31. The molecule has 1 unspecified atom stereocenters. The summed E-state index contributed by atoms with van der Waals surface area (Å²) in [4.78, 5) is 4.22. The number of rotatable bonds is 4. The minimum atomic E-state index is -0.0152. The molecule has 0 radical (unpaired) electrons. The second-order valence-corrected chi connectivity index (χ2v) is 3.84. The average molecular weight is 216 g/mol. The Morgan fingerprint density at radius 2 is 2.12 bits per heavy atom. The van der Waals surface area contributed by atoms with E-state index in [4.69, 9.17) is 10.5 Å². The second kappa shape index (κ2) is 5.05. The van der Waals surface area contributed by atoms with Gasteiger partial charge in [-0.25, -0.2) is 0 Å². The van der Waals surface area contributed by atoms with Gasteiger partial charge in [0.1, 0.15) is 0 Å². The number of pyridine rings is 1. The van der Waals surface area contributed by atoms with E-state index in [0.29, 0.717) is 6.61 Å². The van der Waals surface area contributed by atoms with E-state index >= 15 is 0 Å². The fourth-order valence-corrected chi connectivity index (χ4v) is 1.84. The minimum Gasteiger partial charge on any atom is -0.385 e. The zero-order valence-electron chi connectivity index (χ0n) is 9.39. The van der Waals surface area contributed by atoms with E-state index in [1.165, 1.54) is 5.39 Å². The van der Waals surface area contributed by atoms with Crippen LogP contribution in [-0.4, -0.2) is 18.7 Å². The van der Waals surface area contributed by atoms with Gasteiger partial charge in [0.25, 0.3) is 0 Å². The highest BCUT2D eigenvalue weighted by atomic mass is 16.5. The number of fused-ring (bicyclic) bond motifs is 1. The van der Waals surface area contributed by atoms with Crippen molar-refractivity contribution in [3.63, 3.8) is 0 Å². The topological polar surface area (TPSA) is 48.1 Å². The zero-order chi connectivity index (χ0) is 11.4. The van der Waals surface area contributed by atoms with Crippen LogP contribution < -0.4 is 5.73 Å². The lowest BCUT2D eigenvalue weighted by Crippen LogP contribution is -2.13. The molecular weight excluding hydrogens is 200 g/mol. The molecule has 0 spiro atoms. The monoisotopic (exact) mass is 216 g/mol. The average Bonchev–Trinajstić information content (AvgIpc) is 2.35. The summed E-state index contributed by atoms with van der Waals surface area (Å²) >= 11 is 0. The van der Waals surface area contributed by atoms with Gasteiger partial charge in [0.2, 0.25) is 0 Å². The molecule has 16 heavy (non-hydrogen) atoms. The van der Waals surface area contributed by atoms with Gasteiger partial charge in [-0.3, -0.25) is 4.98 Å². The van der Waals surface area contributed by atoms with Gasteiger partial charge in [0.05, 0.1) is 0 Å². The molecule has 84 valence electrons. The van der Waals surface area contributed by atoms with E-state index in [2.05, 4.69) is 17.1 Å². The summed E-state index contributed by atoms with van der Waals surface area (Å²) in [6.07, 6.45) is 4.52. The second-order valence-electron chi connectivity index (χ2n) is 3.84. The number of benzene rings is 1. The maximum absolute atomic E-state index is 6.13. The van der Waals surface area contributed by atoms with Crippen molar-refractivity contribution in [3.05, 3.63) is 42.2 Å². The lowest BCUT2D eigenvalue weighted by Gasteiger charge is -2.13. The van der Waals surface area contributed by atoms with Crippen molar-refractivity contribution >= 4 is 10.8 Å². The lowest BCUT2D eigenvalue weighted by atomic mass is 10.0. The molecule has 0 aliphatic carbocycles. The molecule has 3 nitrogen and oxygen atoms in total. The van der Waals surface area contributed by atoms with Crippen molar-refractivity contribution in [1.82, 2.24) is 4.98 Å². The van der Waals surface area contributed by atoms with Gasteiger partial charge in [-0.05, 0) is 17.4 Å². The minimum absolute atomic E-state index is 0.0152. The van der Waals surface area contributed by atoms with Crippen LogP contribution in [0, 0.1) is 0 Å². The number of methoxy groups -OCH3 is 1. The SMILES string of the molecule is COCCC(N)c1cncc2ccccc12. The van der Waals surface area contributed by atoms with E-state index in [0.717, 1.165) is 17.4 Å². The smallest absolute Gasteiger partial charge is 0.0480 e. The highest BCUT2D eigenvalue weighted by molar-refractivity contribution is 5.84. The Balaban J connectivity index is 2.36. The third kappa shape index (κ3) is 2.21. The first-order valence-electron chi connectivity index (χ1n) is 5.40. The van der Waals surface area contributed by atoms with Gasteiger partial charge >= 0.3 is 0 Å². The summed E-state index contributed by atoms with van der Waals surface area (Å²) in [7, 11) is 1.69. The molecule has 0 aliphatic rings. The largest absolute Gasteiger partial charge is 0.385 e. The molecule has 1 aromatic heterocycles. The van der Waals surface area contributed by atoms with Crippen molar-refractivity contribution < 1.29 is 4.74 Å². The highest BCUT2D eigenvalue weighted by Crippen LogP contribution is 2.23. The van der Waals surface area contributed by atoms with E-state index < -0.39 is 0 Å². The molecule has 2 aromatic rings. The normalized spacial score (nSPS) is 12.9. The molecule has 1 atom stereocenters. The number of aromatic nitrogens is 1. The first-order valence-corrected chi connectivity index (χ1v) is 5.40. The van der Waals surface area contributed by atoms with E-state index in [-0.39, 0.29) is 6.04 Å². The Labute approximate surface area is 95.2 Å². The van der Waals surface area contributed by atoms with Crippen LogP contribution in [0.2, 0.25) is 0 Å². The fraction of sp³-hybridized carbons (Fsp3) is 0.308. The zero-order valence-corrected chi connectivity index (χ0v) is 9.39. The van der Waals surface area contributed by atoms with Gasteiger partial charge < -0.3 is 10.5 Å². The van der Waals surface area contributed by atoms with Crippen molar-refractivity contribution in [1.29, 1.82) is 0 Å². The molecule has 3 heteroatoms. The van der Waals surface area contributed by atoms with Crippen LogP contribution in [0.25, 0.3) is 10.8 Å². The van der Waals surface area contributed by atoms with Gasteiger partial charge in [0.15, 0.2) is 0 Å². The Morgan fingerprint density at radius 3 is 2.94 bits per heavy atom. The fourth-order valence-electron chi connectivity index (χ4n) is 1.84. The number of ether oxygens (including phenoxy) is 1. The van der Waals surface area contributed by atoms with E-state index in [1.807, 2.05) is 24.5 Å². The van der Waals surface area contributed by atoms with Crippen LogP contribution >= 0.6 is 0 Å². The summed E-state index contributed by atoms with van der Waals surface area (Å²) in [6, 6.07) is 8.15. The van der Waals surface area contributed by atoms with Crippen LogP contribution in [0.3, 0.4) is 0 Å². The first kappa shape index (κ1) is 11.0. The Kier molecular flexibility index (Phi) is 3.49. The molecule has 0 saturated heterocycles. The van der Waals surface area contributed by atoms with Crippen LogP contribution in [0.15, 0.2) is 36.7 Å². The molecule has 1 heterocycles. The van der Waals surface area contributed by atoms with Crippen molar-refractivity contribution in [2.24, 2.45) is 5.73 Å². The molecule has 0 amide bonds. The summed E-state index contributed by atoms with van der Waals surface area (Å²) in [6.45, 7) is 0.671. The molecule has 1 aromatic carbocycles. The number of nitrogens with two attached hydrogens (primary N) is 1. The predicted molar refractivity (Wildman–Crippen MR) is 65.2 cm³/mol. The number of nitrogens with zero attached hydrogens (tertiary/aromatic N) is 1. The standard InChI is InChI=1S/C13H16N2O/c1-16-7-6-13(14)12-9-15-8-10-4-2-3-5-11(10)12/h2-5,8-9,13H,6-7,14H2,1H3. The molecule has 2 rings (SSSR count). The third-order valence-corrected chi connectivity index (χ3v) is 2.73. The van der Waals surface area contributed by atoms with Gasteiger partial charge in [-0.1, -0.05) is 24.3 Å². The molecule has 0 fully saturated rings. The van der Waals surface area contributed by atoms with Crippen LogP contribution in [0.4, 0.5) is 0 Å². The molecule has 0 aliphatic heterocycles. The van der Waals surface area contributed by atoms with Crippen LogP contribution in [0.1, 0.15) is 18.0 Å². The maximum Gasteiger partial charge on any atom is 0.0480 e. The highest BCUT2D eigenvalue weighted by Gasteiger charge is 2.09. The first-order chi connectivity index (χ1) is 7.83. The maximum atomic E-state index is 6.13. The van der Waals surface area contributed by atoms with E-state index in [1.54, 1.807) is 7.11 Å². The van der Waals surface area contributed by atoms with E-state index in [9.17, 15) is 0 Å².